The summed E-state index contributed by atoms with van der Waals surface area (Å²) >= 11 is 0. The maximum atomic E-state index is 13.0. The van der Waals surface area contributed by atoms with Crippen LogP contribution in [0.5, 0.6) is 0 Å². The molecule has 1 aromatic rings. The molecule has 0 fully saturated rings. The van der Waals surface area contributed by atoms with Gasteiger partial charge in [-0.2, -0.15) is 4.39 Å². The van der Waals surface area contributed by atoms with Crippen molar-refractivity contribution in [1.29, 1.82) is 0 Å². The van der Waals surface area contributed by atoms with Crippen molar-refractivity contribution in [3.8, 4) is 0 Å². The normalized spacial score (nSPS) is 13.1. The number of hydrogen-bond acceptors (Lipinski definition) is 3. The Labute approximate surface area is 77.8 Å². The van der Waals surface area contributed by atoms with Crippen LogP contribution < -0.4 is 0 Å². The first kappa shape index (κ1) is 8.55. The van der Waals surface area contributed by atoms with Gasteiger partial charge >= 0.3 is 5.69 Å². The van der Waals surface area contributed by atoms with Crippen LogP contribution in [0.4, 0.5) is 10.1 Å². The summed E-state index contributed by atoms with van der Waals surface area (Å²) in [5, 5.41) is 10.4. The standard InChI is InChI=1S/C9H4FNO3/c10-7-3-5-1-2-9(12)6(5)4-8(7)11(13)14/h1-4H. The molecule has 1 aliphatic rings. The van der Waals surface area contributed by atoms with Gasteiger partial charge < -0.3 is 0 Å². The molecule has 0 atom stereocenters. The average molecular weight is 193 g/mol. The van der Waals surface area contributed by atoms with Gasteiger partial charge in [0.15, 0.2) is 5.78 Å². The molecule has 1 aromatic carbocycles. The van der Waals surface area contributed by atoms with Gasteiger partial charge in [-0.1, -0.05) is 6.08 Å². The van der Waals surface area contributed by atoms with E-state index in [2.05, 4.69) is 0 Å². The number of ketones is 1. The van der Waals surface area contributed by atoms with E-state index in [0.717, 1.165) is 12.1 Å². The third-order valence-electron chi connectivity index (χ3n) is 2.00. The molecule has 14 heavy (non-hydrogen) atoms. The first-order chi connectivity index (χ1) is 6.59. The number of nitro benzene ring substituents is 1. The molecule has 0 saturated carbocycles. The van der Waals surface area contributed by atoms with Crippen LogP contribution >= 0.6 is 0 Å². The number of nitro groups is 1. The highest BCUT2D eigenvalue weighted by atomic mass is 19.1. The zero-order chi connectivity index (χ0) is 10.3. The lowest BCUT2D eigenvalue weighted by molar-refractivity contribution is -0.387. The third-order valence-corrected chi connectivity index (χ3v) is 2.00. The molecule has 0 unspecified atom stereocenters. The van der Waals surface area contributed by atoms with Crippen LogP contribution in [-0.2, 0) is 0 Å². The van der Waals surface area contributed by atoms with E-state index >= 15 is 0 Å². The fraction of sp³-hybridized carbons (Fsp3) is 0. The molecule has 0 spiro atoms. The summed E-state index contributed by atoms with van der Waals surface area (Å²) < 4.78 is 13.0. The Balaban J connectivity index is 2.66. The molecule has 0 saturated heterocycles. The van der Waals surface area contributed by atoms with Crippen molar-refractivity contribution in [2.75, 3.05) is 0 Å². The Hall–Kier alpha value is -2.04. The number of benzene rings is 1. The van der Waals surface area contributed by atoms with E-state index in [0.29, 0.717) is 5.56 Å². The van der Waals surface area contributed by atoms with Gasteiger partial charge in [0, 0.05) is 11.6 Å². The lowest BCUT2D eigenvalue weighted by atomic mass is 10.1. The Kier molecular flexibility index (Phi) is 1.67. The van der Waals surface area contributed by atoms with Gasteiger partial charge in [-0.25, -0.2) is 0 Å². The maximum absolute atomic E-state index is 13.0. The van der Waals surface area contributed by atoms with E-state index in [4.69, 9.17) is 0 Å². The molecule has 2 rings (SSSR count). The van der Waals surface area contributed by atoms with Gasteiger partial charge in [0.05, 0.1) is 4.92 Å². The number of allylic oxidation sites excluding steroid dienone is 1. The molecule has 0 aromatic heterocycles. The zero-order valence-corrected chi connectivity index (χ0v) is 6.86. The fourth-order valence-electron chi connectivity index (χ4n) is 1.32. The van der Waals surface area contributed by atoms with Crippen molar-refractivity contribution in [3.63, 3.8) is 0 Å². The highest BCUT2D eigenvalue weighted by Gasteiger charge is 2.22. The minimum atomic E-state index is -0.923. The second-order valence-corrected chi connectivity index (χ2v) is 2.85. The molecule has 0 aliphatic heterocycles. The first-order valence-corrected chi connectivity index (χ1v) is 3.80. The number of halogens is 1. The van der Waals surface area contributed by atoms with E-state index in [-0.39, 0.29) is 11.3 Å². The molecule has 5 heteroatoms. The molecule has 0 radical (unpaired) electrons. The number of fused-ring (bicyclic) bond motifs is 1. The lowest BCUT2D eigenvalue weighted by Crippen LogP contribution is -1.98. The summed E-state index contributed by atoms with van der Waals surface area (Å²) in [6.45, 7) is 0. The van der Waals surface area contributed by atoms with Crippen LogP contribution in [0, 0.1) is 15.9 Å². The highest BCUT2D eigenvalue weighted by molar-refractivity contribution is 6.14. The predicted octanol–water partition coefficient (Wildman–Crippen LogP) is 1.94. The second kappa shape index (κ2) is 2.73. The van der Waals surface area contributed by atoms with Crippen LogP contribution in [0.3, 0.4) is 0 Å². The van der Waals surface area contributed by atoms with Crippen molar-refractivity contribution in [2.45, 2.75) is 0 Å². The monoisotopic (exact) mass is 193 g/mol. The largest absolute Gasteiger partial charge is 0.305 e. The molecule has 0 amide bonds. The molecule has 4 nitrogen and oxygen atoms in total. The van der Waals surface area contributed by atoms with Crippen LogP contribution in [0.2, 0.25) is 0 Å². The smallest absolute Gasteiger partial charge is 0.289 e. The van der Waals surface area contributed by atoms with Crippen LogP contribution in [0.15, 0.2) is 18.2 Å². The Morgan fingerprint density at radius 2 is 2.00 bits per heavy atom. The second-order valence-electron chi connectivity index (χ2n) is 2.85. The van der Waals surface area contributed by atoms with E-state index in [9.17, 15) is 19.3 Å². The van der Waals surface area contributed by atoms with E-state index in [1.807, 2.05) is 0 Å². The molecule has 0 heterocycles. The summed E-state index contributed by atoms with van der Waals surface area (Å²) in [6.07, 6.45) is 2.69. The molecule has 0 bridgehead atoms. The third kappa shape index (κ3) is 1.10. The number of carbonyl (C=O) groups excluding carboxylic acids is 1. The molecule has 0 N–H and O–H groups in total. The molecule has 70 valence electrons. The van der Waals surface area contributed by atoms with E-state index in [1.54, 1.807) is 0 Å². The van der Waals surface area contributed by atoms with Crippen LogP contribution in [-0.4, -0.2) is 10.7 Å². The molecule has 1 aliphatic carbocycles. The van der Waals surface area contributed by atoms with Crippen molar-refractivity contribution in [2.24, 2.45) is 0 Å². The summed E-state index contributed by atoms with van der Waals surface area (Å²) in [6, 6.07) is 1.96. The van der Waals surface area contributed by atoms with Gasteiger partial charge in [0.1, 0.15) is 0 Å². The van der Waals surface area contributed by atoms with Crippen molar-refractivity contribution in [3.05, 3.63) is 45.3 Å². The van der Waals surface area contributed by atoms with Gasteiger partial charge in [-0.3, -0.25) is 14.9 Å². The van der Waals surface area contributed by atoms with Gasteiger partial charge in [0.2, 0.25) is 5.82 Å². The fourth-order valence-corrected chi connectivity index (χ4v) is 1.32. The lowest BCUT2D eigenvalue weighted by Gasteiger charge is -1.98. The predicted molar refractivity (Wildman–Crippen MR) is 46.4 cm³/mol. The molecular formula is C9H4FNO3. The Bertz CT molecular complexity index is 478. The van der Waals surface area contributed by atoms with Crippen LogP contribution in [0.1, 0.15) is 15.9 Å². The number of rotatable bonds is 1. The minimum Gasteiger partial charge on any atom is -0.289 e. The average Bonchev–Trinajstić information content (AvgIpc) is 2.46. The Morgan fingerprint density at radius 3 is 2.64 bits per heavy atom. The quantitative estimate of drug-likeness (QED) is 0.505. The topological polar surface area (TPSA) is 60.2 Å². The first-order valence-electron chi connectivity index (χ1n) is 3.80. The minimum absolute atomic E-state index is 0.179. The van der Waals surface area contributed by atoms with Gasteiger partial charge in [-0.05, 0) is 17.7 Å². The summed E-state index contributed by atoms with van der Waals surface area (Å²) in [7, 11) is 0. The number of nitrogens with zero attached hydrogens (tertiary/aromatic N) is 1. The van der Waals surface area contributed by atoms with Crippen molar-refractivity contribution < 1.29 is 14.1 Å². The Morgan fingerprint density at radius 1 is 1.29 bits per heavy atom. The number of carbonyl (C=O) groups is 1. The zero-order valence-electron chi connectivity index (χ0n) is 6.86. The summed E-state index contributed by atoms with van der Waals surface area (Å²) in [5.41, 5.74) is -0.1000. The number of hydrogen-bond donors (Lipinski definition) is 0. The van der Waals surface area contributed by atoms with Crippen molar-refractivity contribution in [1.82, 2.24) is 0 Å². The SMILES string of the molecule is O=C1C=Cc2cc(F)c([N+](=O)[O-])cc21. The van der Waals surface area contributed by atoms with E-state index in [1.165, 1.54) is 12.2 Å². The summed E-state index contributed by atoms with van der Waals surface area (Å²) in [4.78, 5) is 20.6. The van der Waals surface area contributed by atoms with E-state index < -0.39 is 16.4 Å². The van der Waals surface area contributed by atoms with Crippen molar-refractivity contribution >= 4 is 17.5 Å². The maximum Gasteiger partial charge on any atom is 0.305 e. The van der Waals surface area contributed by atoms with Gasteiger partial charge in [-0.15, -0.1) is 0 Å². The van der Waals surface area contributed by atoms with Gasteiger partial charge in [0.25, 0.3) is 0 Å². The highest BCUT2D eigenvalue weighted by Crippen LogP contribution is 2.27. The molecular weight excluding hydrogens is 189 g/mol. The van der Waals surface area contributed by atoms with Crippen LogP contribution in [0.25, 0.3) is 6.08 Å². The summed E-state index contributed by atoms with van der Waals surface area (Å²) in [5.74, 6) is -1.25.